The van der Waals surface area contributed by atoms with Gasteiger partial charge >= 0.3 is 12.1 Å². The molecule has 1 aliphatic rings. The maximum Gasteiger partial charge on any atom is 0.416 e. The Hall–Kier alpha value is -2.34. The van der Waals surface area contributed by atoms with Crippen LogP contribution in [0.4, 0.5) is 13.2 Å². The summed E-state index contributed by atoms with van der Waals surface area (Å²) < 4.78 is 44.6. The van der Waals surface area contributed by atoms with Crippen LogP contribution in [0.25, 0.3) is 0 Å². The van der Waals surface area contributed by atoms with Gasteiger partial charge in [0, 0.05) is 6.54 Å². The minimum Gasteiger partial charge on any atom is -0.464 e. The topological polar surface area (TPSA) is 29.5 Å². The van der Waals surface area contributed by atoms with Gasteiger partial charge in [0.2, 0.25) is 0 Å². The summed E-state index contributed by atoms with van der Waals surface area (Å²) in [6, 6.07) is 12.7. The fourth-order valence-corrected chi connectivity index (χ4v) is 4.01. The van der Waals surface area contributed by atoms with E-state index in [1.165, 1.54) is 12.1 Å². The molecule has 6 heteroatoms. The standard InChI is InChI=1S/C23H26F3NO2/c1-3-27(4-2)13-14-29-21(28)22(15-17-7-5-6-8-18(17)16-22)19-9-11-20(12-10-19)23(24,25)26/h5-12H,3-4,13-16H2,1-2H3. The summed E-state index contributed by atoms with van der Waals surface area (Å²) in [5.41, 5.74) is 0.925. The van der Waals surface area contributed by atoms with Gasteiger partial charge in [-0.3, -0.25) is 4.79 Å². The second-order valence-electron chi connectivity index (χ2n) is 7.44. The van der Waals surface area contributed by atoms with Crippen molar-refractivity contribution < 1.29 is 22.7 Å². The minimum atomic E-state index is -4.41. The highest BCUT2D eigenvalue weighted by Gasteiger charge is 2.47. The summed E-state index contributed by atoms with van der Waals surface area (Å²) in [6.45, 7) is 6.71. The van der Waals surface area contributed by atoms with Crippen LogP contribution in [-0.2, 0) is 34.0 Å². The Bertz CT molecular complexity index is 817. The lowest BCUT2D eigenvalue weighted by atomic mass is 9.77. The van der Waals surface area contributed by atoms with Crippen LogP contribution >= 0.6 is 0 Å². The van der Waals surface area contributed by atoms with Crippen molar-refractivity contribution in [2.45, 2.75) is 38.3 Å². The fourth-order valence-electron chi connectivity index (χ4n) is 4.01. The van der Waals surface area contributed by atoms with E-state index in [-0.39, 0.29) is 12.6 Å². The molecule has 0 heterocycles. The van der Waals surface area contributed by atoms with Crippen LogP contribution in [0.5, 0.6) is 0 Å². The Morgan fingerprint density at radius 3 is 2.03 bits per heavy atom. The normalized spacial score (nSPS) is 15.4. The van der Waals surface area contributed by atoms with Gasteiger partial charge in [-0.2, -0.15) is 13.2 Å². The molecule has 2 aromatic rings. The quantitative estimate of drug-likeness (QED) is 0.629. The Kier molecular flexibility index (Phi) is 6.32. The van der Waals surface area contributed by atoms with Crippen LogP contribution < -0.4 is 0 Å². The number of fused-ring (bicyclic) bond motifs is 1. The molecule has 0 unspecified atom stereocenters. The molecule has 0 atom stereocenters. The lowest BCUT2D eigenvalue weighted by Gasteiger charge is -2.28. The Labute approximate surface area is 169 Å². The highest BCUT2D eigenvalue weighted by molar-refractivity contribution is 5.85. The van der Waals surface area contributed by atoms with Gasteiger partial charge in [-0.1, -0.05) is 50.2 Å². The van der Waals surface area contributed by atoms with Gasteiger partial charge in [-0.05, 0) is 54.8 Å². The third-order valence-corrected chi connectivity index (χ3v) is 5.79. The molecular weight excluding hydrogens is 379 g/mol. The maximum atomic E-state index is 13.2. The molecule has 0 N–H and O–H groups in total. The van der Waals surface area contributed by atoms with Crippen molar-refractivity contribution in [3.8, 4) is 0 Å². The highest BCUT2D eigenvalue weighted by Crippen LogP contribution is 2.42. The van der Waals surface area contributed by atoms with Crippen molar-refractivity contribution >= 4 is 5.97 Å². The number of alkyl halides is 3. The molecule has 0 amide bonds. The van der Waals surface area contributed by atoms with Gasteiger partial charge in [0.15, 0.2) is 0 Å². The molecule has 0 aliphatic heterocycles. The van der Waals surface area contributed by atoms with Crippen molar-refractivity contribution in [2.75, 3.05) is 26.2 Å². The predicted molar refractivity (Wildman–Crippen MR) is 106 cm³/mol. The third-order valence-electron chi connectivity index (χ3n) is 5.79. The number of carbonyl (C=O) groups is 1. The molecule has 0 saturated carbocycles. The monoisotopic (exact) mass is 405 g/mol. The van der Waals surface area contributed by atoms with Gasteiger partial charge in [0.05, 0.1) is 5.56 Å². The van der Waals surface area contributed by atoms with Gasteiger partial charge < -0.3 is 9.64 Å². The molecule has 0 fully saturated rings. The molecule has 0 spiro atoms. The first-order valence-electron chi connectivity index (χ1n) is 9.94. The first kappa shape index (κ1) is 21.4. The summed E-state index contributed by atoms with van der Waals surface area (Å²) in [5, 5.41) is 0. The fraction of sp³-hybridized carbons (Fsp3) is 0.435. The number of carbonyl (C=O) groups excluding carboxylic acids is 1. The van der Waals surface area contributed by atoms with E-state index in [9.17, 15) is 18.0 Å². The van der Waals surface area contributed by atoms with Crippen molar-refractivity contribution in [3.05, 3.63) is 70.8 Å². The first-order chi connectivity index (χ1) is 13.8. The first-order valence-corrected chi connectivity index (χ1v) is 9.94. The number of esters is 1. The minimum absolute atomic E-state index is 0.263. The van der Waals surface area contributed by atoms with E-state index in [1.807, 2.05) is 38.1 Å². The molecule has 0 bridgehead atoms. The number of halogens is 3. The number of hydrogen-bond acceptors (Lipinski definition) is 3. The molecule has 3 nitrogen and oxygen atoms in total. The summed E-state index contributed by atoms with van der Waals surface area (Å²) in [6.07, 6.45) is -3.55. The third kappa shape index (κ3) is 4.47. The van der Waals surface area contributed by atoms with Crippen LogP contribution in [-0.4, -0.2) is 37.1 Å². The van der Waals surface area contributed by atoms with Crippen LogP contribution in [0, 0.1) is 0 Å². The molecule has 29 heavy (non-hydrogen) atoms. The zero-order valence-corrected chi connectivity index (χ0v) is 16.8. The molecule has 2 aromatic carbocycles. The second kappa shape index (κ2) is 8.57. The Morgan fingerprint density at radius 1 is 1.00 bits per heavy atom. The molecule has 156 valence electrons. The van der Waals surface area contributed by atoms with Crippen LogP contribution in [0.2, 0.25) is 0 Å². The van der Waals surface area contributed by atoms with Gasteiger partial charge in [-0.25, -0.2) is 0 Å². The largest absolute Gasteiger partial charge is 0.464 e. The van der Waals surface area contributed by atoms with Gasteiger partial charge in [0.1, 0.15) is 12.0 Å². The van der Waals surface area contributed by atoms with Gasteiger partial charge in [0.25, 0.3) is 0 Å². The van der Waals surface area contributed by atoms with Crippen LogP contribution in [0.1, 0.15) is 36.1 Å². The van der Waals surface area contributed by atoms with E-state index in [0.29, 0.717) is 24.9 Å². The van der Waals surface area contributed by atoms with E-state index in [0.717, 1.165) is 36.3 Å². The Balaban J connectivity index is 1.87. The molecule has 3 rings (SSSR count). The highest BCUT2D eigenvalue weighted by atomic mass is 19.4. The number of rotatable bonds is 7. The molecule has 0 aromatic heterocycles. The summed E-state index contributed by atoms with van der Waals surface area (Å²) in [7, 11) is 0. The Morgan fingerprint density at radius 2 is 1.55 bits per heavy atom. The lowest BCUT2D eigenvalue weighted by molar-refractivity contribution is -0.150. The van der Waals surface area contributed by atoms with E-state index < -0.39 is 17.2 Å². The van der Waals surface area contributed by atoms with Crippen molar-refractivity contribution in [3.63, 3.8) is 0 Å². The molecular formula is C23H26F3NO2. The zero-order chi connectivity index (χ0) is 21.1. The average Bonchev–Trinajstić information content (AvgIpc) is 3.11. The predicted octanol–water partition coefficient (Wildman–Crippen LogP) is 4.63. The number of hydrogen-bond donors (Lipinski definition) is 0. The maximum absolute atomic E-state index is 13.2. The molecule has 0 radical (unpaired) electrons. The number of likely N-dealkylation sites (N-methyl/N-ethyl adjacent to an activating group) is 1. The average molecular weight is 405 g/mol. The summed E-state index contributed by atoms with van der Waals surface area (Å²) in [5.74, 6) is -0.374. The van der Waals surface area contributed by atoms with E-state index in [1.54, 1.807) is 0 Å². The van der Waals surface area contributed by atoms with E-state index in [4.69, 9.17) is 4.74 Å². The van der Waals surface area contributed by atoms with E-state index >= 15 is 0 Å². The van der Waals surface area contributed by atoms with E-state index in [2.05, 4.69) is 4.90 Å². The van der Waals surface area contributed by atoms with Crippen molar-refractivity contribution in [2.24, 2.45) is 0 Å². The van der Waals surface area contributed by atoms with Crippen LogP contribution in [0.15, 0.2) is 48.5 Å². The number of ether oxygens (including phenoxy) is 1. The summed E-state index contributed by atoms with van der Waals surface area (Å²) >= 11 is 0. The van der Waals surface area contributed by atoms with Crippen molar-refractivity contribution in [1.82, 2.24) is 4.90 Å². The SMILES string of the molecule is CCN(CC)CCOC(=O)C1(c2ccc(C(F)(F)F)cc2)Cc2ccccc2C1. The molecule has 0 saturated heterocycles. The zero-order valence-electron chi connectivity index (χ0n) is 16.8. The van der Waals surface area contributed by atoms with Gasteiger partial charge in [-0.15, -0.1) is 0 Å². The lowest BCUT2D eigenvalue weighted by Crippen LogP contribution is -2.40. The smallest absolute Gasteiger partial charge is 0.416 e. The second-order valence-corrected chi connectivity index (χ2v) is 7.44. The summed E-state index contributed by atoms with van der Waals surface area (Å²) in [4.78, 5) is 15.4. The molecule has 1 aliphatic carbocycles. The number of nitrogens with zero attached hydrogens (tertiary/aromatic N) is 1. The van der Waals surface area contributed by atoms with Crippen molar-refractivity contribution in [1.29, 1.82) is 0 Å². The van der Waals surface area contributed by atoms with Crippen LogP contribution in [0.3, 0.4) is 0 Å². The number of benzene rings is 2.